The molecule has 0 aliphatic carbocycles. The number of rotatable bonds is 9. The minimum atomic E-state index is -4.42. The van der Waals surface area contributed by atoms with Gasteiger partial charge in [-0.1, -0.05) is 25.1 Å². The SMILES string of the molecule is COC(=O)CC(NC(=O)CC(C)c1ccc(C(F)(F)F)cc1)c1ccc(OC)c(OC)c1. The number of methoxy groups -OCH3 is 3. The van der Waals surface area contributed by atoms with Gasteiger partial charge in [-0.15, -0.1) is 0 Å². The van der Waals surface area contributed by atoms with E-state index in [1.807, 2.05) is 0 Å². The van der Waals surface area contributed by atoms with Crippen molar-refractivity contribution < 1.29 is 37.0 Å². The molecule has 0 aliphatic rings. The summed E-state index contributed by atoms with van der Waals surface area (Å²) in [5.41, 5.74) is 0.469. The lowest BCUT2D eigenvalue weighted by molar-refractivity contribution is -0.141. The van der Waals surface area contributed by atoms with E-state index in [0.717, 1.165) is 12.1 Å². The summed E-state index contributed by atoms with van der Waals surface area (Å²) in [5.74, 6) is -0.272. The molecular weight excluding hydrogens is 427 g/mol. The predicted octanol–water partition coefficient (Wildman–Crippen LogP) is 4.64. The second-order valence-corrected chi connectivity index (χ2v) is 7.24. The first kappa shape index (κ1) is 25.0. The van der Waals surface area contributed by atoms with Crippen molar-refractivity contribution in [1.82, 2.24) is 5.32 Å². The molecule has 2 unspecified atom stereocenters. The number of hydrogen-bond acceptors (Lipinski definition) is 5. The molecule has 1 N–H and O–H groups in total. The second-order valence-electron chi connectivity index (χ2n) is 7.24. The minimum absolute atomic E-state index is 0.0241. The van der Waals surface area contributed by atoms with Crippen LogP contribution in [0.5, 0.6) is 11.5 Å². The summed E-state index contributed by atoms with van der Waals surface area (Å²) in [7, 11) is 4.22. The summed E-state index contributed by atoms with van der Waals surface area (Å²) in [6.07, 6.45) is -4.50. The van der Waals surface area contributed by atoms with E-state index in [1.54, 1.807) is 25.1 Å². The van der Waals surface area contributed by atoms with E-state index in [2.05, 4.69) is 5.32 Å². The van der Waals surface area contributed by atoms with Gasteiger partial charge in [-0.05, 0) is 41.3 Å². The number of benzene rings is 2. The maximum Gasteiger partial charge on any atom is 0.416 e. The van der Waals surface area contributed by atoms with E-state index < -0.39 is 23.8 Å². The Morgan fingerprint density at radius 2 is 1.50 bits per heavy atom. The van der Waals surface area contributed by atoms with Crippen LogP contribution in [0.15, 0.2) is 42.5 Å². The lowest BCUT2D eigenvalue weighted by Crippen LogP contribution is -2.31. The number of amides is 1. The second kappa shape index (κ2) is 10.9. The van der Waals surface area contributed by atoms with Gasteiger partial charge < -0.3 is 19.5 Å². The molecule has 174 valence electrons. The summed E-state index contributed by atoms with van der Waals surface area (Å²) in [5, 5.41) is 2.81. The molecule has 0 fully saturated rings. The highest BCUT2D eigenvalue weighted by Gasteiger charge is 2.30. The quantitative estimate of drug-likeness (QED) is 0.560. The van der Waals surface area contributed by atoms with E-state index in [9.17, 15) is 22.8 Å². The molecule has 0 aliphatic heterocycles. The molecule has 9 heteroatoms. The zero-order valence-electron chi connectivity index (χ0n) is 18.3. The zero-order valence-corrected chi connectivity index (χ0v) is 18.3. The van der Waals surface area contributed by atoms with Crippen LogP contribution in [0.3, 0.4) is 0 Å². The maximum absolute atomic E-state index is 12.8. The summed E-state index contributed by atoms with van der Waals surface area (Å²) in [4.78, 5) is 24.6. The van der Waals surface area contributed by atoms with Crippen molar-refractivity contribution in [2.24, 2.45) is 0 Å². The van der Waals surface area contributed by atoms with Gasteiger partial charge in [0.15, 0.2) is 11.5 Å². The molecule has 0 saturated heterocycles. The Balaban J connectivity index is 2.15. The van der Waals surface area contributed by atoms with Crippen LogP contribution >= 0.6 is 0 Å². The third-order valence-corrected chi connectivity index (χ3v) is 5.04. The maximum atomic E-state index is 12.8. The molecule has 0 heterocycles. The zero-order chi connectivity index (χ0) is 23.9. The van der Waals surface area contributed by atoms with E-state index in [0.29, 0.717) is 22.6 Å². The highest BCUT2D eigenvalue weighted by atomic mass is 19.4. The van der Waals surface area contributed by atoms with Crippen molar-refractivity contribution in [2.45, 2.75) is 37.9 Å². The Morgan fingerprint density at radius 3 is 2.03 bits per heavy atom. The van der Waals surface area contributed by atoms with Gasteiger partial charge in [-0.2, -0.15) is 13.2 Å². The minimum Gasteiger partial charge on any atom is -0.493 e. The van der Waals surface area contributed by atoms with Crippen molar-refractivity contribution in [3.63, 3.8) is 0 Å². The van der Waals surface area contributed by atoms with Crippen LogP contribution in [0.2, 0.25) is 0 Å². The Labute approximate surface area is 184 Å². The number of ether oxygens (including phenoxy) is 3. The lowest BCUT2D eigenvalue weighted by Gasteiger charge is -2.21. The largest absolute Gasteiger partial charge is 0.493 e. The molecule has 32 heavy (non-hydrogen) atoms. The standard InChI is InChI=1S/C23H26F3NO5/c1-14(15-5-8-17(9-6-15)23(24,25)26)11-21(28)27-18(13-22(29)32-4)16-7-10-19(30-2)20(12-16)31-3/h5-10,12,14,18H,11,13H2,1-4H3,(H,27,28). The van der Waals surface area contributed by atoms with Gasteiger partial charge in [0.2, 0.25) is 5.91 Å². The third kappa shape index (κ3) is 6.63. The first-order valence-electron chi connectivity index (χ1n) is 9.84. The fourth-order valence-electron chi connectivity index (χ4n) is 3.22. The molecule has 0 saturated carbocycles. The van der Waals surface area contributed by atoms with Gasteiger partial charge in [-0.25, -0.2) is 0 Å². The van der Waals surface area contributed by atoms with E-state index in [4.69, 9.17) is 14.2 Å². The first-order chi connectivity index (χ1) is 15.1. The van der Waals surface area contributed by atoms with Gasteiger partial charge in [0.25, 0.3) is 0 Å². The Hall–Kier alpha value is -3.23. The number of nitrogens with one attached hydrogen (secondary N) is 1. The molecule has 0 spiro atoms. The average Bonchev–Trinajstić information content (AvgIpc) is 2.77. The van der Waals surface area contributed by atoms with Crippen molar-refractivity contribution in [3.05, 3.63) is 59.2 Å². The lowest BCUT2D eigenvalue weighted by atomic mass is 9.95. The van der Waals surface area contributed by atoms with Crippen LogP contribution < -0.4 is 14.8 Å². The fraction of sp³-hybridized carbons (Fsp3) is 0.391. The smallest absolute Gasteiger partial charge is 0.416 e. The molecule has 0 radical (unpaired) electrons. The van der Waals surface area contributed by atoms with Crippen LogP contribution in [0.25, 0.3) is 0 Å². The molecule has 0 bridgehead atoms. The van der Waals surface area contributed by atoms with Gasteiger partial charge in [0, 0.05) is 6.42 Å². The van der Waals surface area contributed by atoms with Crippen molar-refractivity contribution in [1.29, 1.82) is 0 Å². The highest BCUT2D eigenvalue weighted by molar-refractivity contribution is 5.79. The first-order valence-corrected chi connectivity index (χ1v) is 9.84. The van der Waals surface area contributed by atoms with Crippen LogP contribution in [0.1, 0.15) is 48.4 Å². The molecule has 6 nitrogen and oxygen atoms in total. The summed E-state index contributed by atoms with van der Waals surface area (Å²) >= 11 is 0. The van der Waals surface area contributed by atoms with E-state index >= 15 is 0 Å². The molecule has 2 rings (SSSR count). The topological polar surface area (TPSA) is 73.9 Å². The van der Waals surface area contributed by atoms with Crippen molar-refractivity contribution >= 4 is 11.9 Å². The predicted molar refractivity (Wildman–Crippen MR) is 112 cm³/mol. The van der Waals surface area contributed by atoms with Gasteiger partial charge in [0.05, 0.1) is 39.4 Å². The van der Waals surface area contributed by atoms with Crippen molar-refractivity contribution in [2.75, 3.05) is 21.3 Å². The average molecular weight is 453 g/mol. The molecule has 2 aromatic carbocycles. The van der Waals surface area contributed by atoms with E-state index in [1.165, 1.54) is 33.5 Å². The number of carbonyl (C=O) groups is 2. The summed E-state index contributed by atoms with van der Waals surface area (Å²) in [6.45, 7) is 1.74. The molecule has 1 amide bonds. The molecular formula is C23H26F3NO5. The third-order valence-electron chi connectivity index (χ3n) is 5.04. The number of hydrogen-bond donors (Lipinski definition) is 1. The van der Waals surface area contributed by atoms with Crippen LogP contribution in [-0.4, -0.2) is 33.2 Å². The van der Waals surface area contributed by atoms with Gasteiger partial charge >= 0.3 is 12.1 Å². The Bertz CT molecular complexity index is 928. The monoisotopic (exact) mass is 453 g/mol. The Morgan fingerprint density at radius 1 is 0.906 bits per heavy atom. The molecule has 2 aromatic rings. The Kier molecular flexibility index (Phi) is 8.51. The number of carbonyl (C=O) groups excluding carboxylic acids is 2. The normalized spacial score (nSPS) is 13.1. The van der Waals surface area contributed by atoms with Crippen LogP contribution in [-0.2, 0) is 20.5 Å². The number of alkyl halides is 3. The number of halogens is 3. The number of esters is 1. The highest BCUT2D eigenvalue weighted by Crippen LogP contribution is 2.32. The summed E-state index contributed by atoms with van der Waals surface area (Å²) in [6, 6.07) is 9.05. The van der Waals surface area contributed by atoms with Gasteiger partial charge in [-0.3, -0.25) is 9.59 Å². The summed E-state index contributed by atoms with van der Waals surface area (Å²) < 4.78 is 53.5. The molecule has 2 atom stereocenters. The van der Waals surface area contributed by atoms with Crippen LogP contribution in [0.4, 0.5) is 13.2 Å². The molecule has 0 aromatic heterocycles. The van der Waals surface area contributed by atoms with Gasteiger partial charge in [0.1, 0.15) is 0 Å². The van der Waals surface area contributed by atoms with Crippen LogP contribution in [0, 0.1) is 0 Å². The van der Waals surface area contributed by atoms with E-state index in [-0.39, 0.29) is 24.7 Å². The van der Waals surface area contributed by atoms with Crippen molar-refractivity contribution in [3.8, 4) is 11.5 Å². The fourth-order valence-corrected chi connectivity index (χ4v) is 3.22.